The van der Waals surface area contributed by atoms with Crippen molar-refractivity contribution in [2.45, 2.75) is 115 Å². The minimum atomic E-state index is -0.132. The predicted molar refractivity (Wildman–Crippen MR) is 196 cm³/mol. The Morgan fingerprint density at radius 1 is 0.520 bits per heavy atom. The van der Waals surface area contributed by atoms with E-state index in [0.717, 1.165) is 61.8 Å². The standard InChI is InChI=1S/2C20H25FN4/c2*1-13-11-19(24-20(22)23-13)25-10-4-2-3-5-18(25)16-9-8-15(21)12-17(16)14-6-7-14/h2*8-9,11-12,14,18H,2-7,10H2,1H3,(H2,22,23,24)/t2*18-/m10/s1. The molecule has 8 nitrogen and oxygen atoms in total. The molecule has 4 N–H and O–H groups in total. The molecule has 50 heavy (non-hydrogen) atoms. The monoisotopic (exact) mass is 680 g/mol. The maximum atomic E-state index is 13.9. The second kappa shape index (κ2) is 14.9. The highest BCUT2D eigenvalue weighted by atomic mass is 19.1. The van der Waals surface area contributed by atoms with E-state index in [-0.39, 0.29) is 23.7 Å². The van der Waals surface area contributed by atoms with E-state index in [9.17, 15) is 8.78 Å². The van der Waals surface area contributed by atoms with E-state index in [0.29, 0.717) is 23.7 Å². The fourth-order valence-corrected chi connectivity index (χ4v) is 8.05. The Morgan fingerprint density at radius 2 is 0.940 bits per heavy atom. The van der Waals surface area contributed by atoms with Crippen LogP contribution in [0, 0.1) is 25.5 Å². The molecule has 2 aromatic carbocycles. The lowest BCUT2D eigenvalue weighted by Crippen LogP contribution is -2.30. The molecule has 2 atom stereocenters. The molecule has 0 spiro atoms. The highest BCUT2D eigenvalue weighted by Gasteiger charge is 2.34. The van der Waals surface area contributed by atoms with Gasteiger partial charge in [0.2, 0.25) is 11.9 Å². The summed E-state index contributed by atoms with van der Waals surface area (Å²) in [5.41, 5.74) is 18.5. The molecule has 8 rings (SSSR count). The number of hydrogen-bond donors (Lipinski definition) is 2. The lowest BCUT2D eigenvalue weighted by molar-refractivity contribution is 0.583. The summed E-state index contributed by atoms with van der Waals surface area (Å²) < 4.78 is 27.7. The molecule has 2 aliphatic heterocycles. The van der Waals surface area contributed by atoms with Crippen molar-refractivity contribution in [2.75, 3.05) is 34.4 Å². The molecule has 0 radical (unpaired) electrons. The fourth-order valence-electron chi connectivity index (χ4n) is 8.05. The zero-order chi connectivity index (χ0) is 34.8. The number of benzene rings is 2. The van der Waals surface area contributed by atoms with Crippen molar-refractivity contribution in [2.24, 2.45) is 0 Å². The van der Waals surface area contributed by atoms with Gasteiger partial charge < -0.3 is 21.3 Å². The Morgan fingerprint density at radius 3 is 1.32 bits per heavy atom. The zero-order valence-corrected chi connectivity index (χ0v) is 29.4. The van der Waals surface area contributed by atoms with Crippen LogP contribution in [-0.4, -0.2) is 33.0 Å². The SMILES string of the molecule is Cc1cc(N2CCCCC[C@@H]2c2ccc(F)cc2C2CC2)nc(N)n1.Cc1cc(N2CCCCC[C@H]2c2ccc(F)cc2C2CC2)nc(N)n1. The molecule has 264 valence electrons. The summed E-state index contributed by atoms with van der Waals surface area (Å²) in [6.45, 7) is 5.79. The van der Waals surface area contributed by atoms with Crippen LogP contribution in [0.5, 0.6) is 0 Å². The number of halogens is 2. The lowest BCUT2D eigenvalue weighted by Gasteiger charge is -2.33. The van der Waals surface area contributed by atoms with Crippen LogP contribution in [0.4, 0.5) is 32.3 Å². The molecular formula is C40H50F2N8. The third kappa shape index (κ3) is 8.00. The number of aryl methyl sites for hydroxylation is 2. The van der Waals surface area contributed by atoms with Crippen LogP contribution >= 0.6 is 0 Å². The van der Waals surface area contributed by atoms with Crippen molar-refractivity contribution >= 4 is 23.5 Å². The highest BCUT2D eigenvalue weighted by Crippen LogP contribution is 2.47. The molecule has 0 unspecified atom stereocenters. The molecule has 4 aliphatic rings. The molecule has 2 saturated carbocycles. The molecular weight excluding hydrogens is 630 g/mol. The number of nitrogens with zero attached hydrogens (tertiary/aromatic N) is 6. The average Bonchev–Trinajstić information content (AvgIpc) is 3.97. The van der Waals surface area contributed by atoms with Gasteiger partial charge in [0.15, 0.2) is 0 Å². The smallest absolute Gasteiger partial charge is 0.222 e. The van der Waals surface area contributed by atoms with E-state index in [1.165, 1.54) is 73.6 Å². The molecule has 2 saturated heterocycles. The third-order valence-corrected chi connectivity index (χ3v) is 10.7. The van der Waals surface area contributed by atoms with Crippen LogP contribution < -0.4 is 21.3 Å². The Kier molecular flexibility index (Phi) is 10.1. The highest BCUT2D eigenvalue weighted by molar-refractivity contribution is 5.50. The average molecular weight is 681 g/mol. The minimum absolute atomic E-state index is 0.132. The molecule has 4 heterocycles. The summed E-state index contributed by atoms with van der Waals surface area (Å²) in [6, 6.07) is 15.1. The topological polar surface area (TPSA) is 110 Å². The number of nitrogen functional groups attached to an aromatic ring is 2. The summed E-state index contributed by atoms with van der Waals surface area (Å²) in [7, 11) is 0. The van der Waals surface area contributed by atoms with Gasteiger partial charge in [-0.15, -0.1) is 0 Å². The van der Waals surface area contributed by atoms with E-state index in [4.69, 9.17) is 11.5 Å². The first kappa shape index (κ1) is 34.1. The van der Waals surface area contributed by atoms with E-state index in [1.54, 1.807) is 24.3 Å². The Balaban J connectivity index is 0.000000157. The van der Waals surface area contributed by atoms with Gasteiger partial charge in [0.05, 0.1) is 12.1 Å². The van der Waals surface area contributed by atoms with Crippen LogP contribution in [-0.2, 0) is 0 Å². The van der Waals surface area contributed by atoms with Gasteiger partial charge in [0.25, 0.3) is 0 Å². The zero-order valence-electron chi connectivity index (χ0n) is 29.4. The van der Waals surface area contributed by atoms with E-state index < -0.39 is 0 Å². The van der Waals surface area contributed by atoms with E-state index in [2.05, 4.69) is 29.7 Å². The Bertz CT molecular complexity index is 1640. The number of aromatic nitrogens is 4. The quantitative estimate of drug-likeness (QED) is 0.208. The molecule has 10 heteroatoms. The summed E-state index contributed by atoms with van der Waals surface area (Å²) in [6.07, 6.45) is 13.9. The van der Waals surface area contributed by atoms with Crippen molar-refractivity contribution in [3.8, 4) is 0 Å². The summed E-state index contributed by atoms with van der Waals surface area (Å²) in [4.78, 5) is 22.1. The van der Waals surface area contributed by atoms with E-state index >= 15 is 0 Å². The number of hydrogen-bond acceptors (Lipinski definition) is 8. The van der Waals surface area contributed by atoms with Gasteiger partial charge in [-0.3, -0.25) is 0 Å². The van der Waals surface area contributed by atoms with Gasteiger partial charge >= 0.3 is 0 Å². The maximum Gasteiger partial charge on any atom is 0.222 e. The van der Waals surface area contributed by atoms with Crippen LogP contribution in [0.3, 0.4) is 0 Å². The molecule has 4 fully saturated rings. The summed E-state index contributed by atoms with van der Waals surface area (Å²) in [5, 5.41) is 0. The van der Waals surface area contributed by atoms with Gasteiger partial charge in [-0.25, -0.2) is 18.7 Å². The van der Waals surface area contributed by atoms with Crippen molar-refractivity contribution < 1.29 is 8.78 Å². The number of nitrogens with two attached hydrogens (primary N) is 2. The summed E-state index contributed by atoms with van der Waals surface area (Å²) in [5.74, 6) is 3.20. The normalized spacial score (nSPS) is 21.2. The van der Waals surface area contributed by atoms with Gasteiger partial charge in [-0.05, 0) is 124 Å². The van der Waals surface area contributed by atoms with Crippen molar-refractivity contribution in [1.29, 1.82) is 0 Å². The third-order valence-electron chi connectivity index (χ3n) is 10.7. The van der Waals surface area contributed by atoms with Crippen molar-refractivity contribution in [1.82, 2.24) is 19.9 Å². The van der Waals surface area contributed by atoms with Gasteiger partial charge in [-0.1, -0.05) is 37.8 Å². The summed E-state index contributed by atoms with van der Waals surface area (Å²) >= 11 is 0. The van der Waals surface area contributed by atoms with E-state index in [1.807, 2.05) is 38.1 Å². The molecule has 0 amide bonds. The minimum Gasteiger partial charge on any atom is -0.368 e. The number of anilines is 4. The van der Waals surface area contributed by atoms with Crippen molar-refractivity contribution in [3.05, 3.63) is 93.8 Å². The Labute approximate surface area is 294 Å². The fraction of sp³-hybridized carbons (Fsp3) is 0.500. The number of rotatable bonds is 6. The second-order valence-corrected chi connectivity index (χ2v) is 14.7. The predicted octanol–water partition coefficient (Wildman–Crippen LogP) is 9.01. The van der Waals surface area contributed by atoms with Gasteiger partial charge in [0, 0.05) is 36.6 Å². The second-order valence-electron chi connectivity index (χ2n) is 14.7. The lowest BCUT2D eigenvalue weighted by atomic mass is 9.93. The van der Waals surface area contributed by atoms with Crippen LogP contribution in [0.25, 0.3) is 0 Å². The van der Waals surface area contributed by atoms with Crippen LogP contribution in [0.15, 0.2) is 48.5 Å². The van der Waals surface area contributed by atoms with Gasteiger partial charge in [0.1, 0.15) is 23.3 Å². The molecule has 2 aliphatic carbocycles. The molecule has 4 aromatic rings. The largest absolute Gasteiger partial charge is 0.368 e. The molecule has 0 bridgehead atoms. The van der Waals surface area contributed by atoms with Gasteiger partial charge in [-0.2, -0.15) is 9.97 Å². The van der Waals surface area contributed by atoms with Crippen molar-refractivity contribution in [3.63, 3.8) is 0 Å². The first-order valence-corrected chi connectivity index (χ1v) is 18.6. The molecule has 2 aromatic heterocycles. The maximum absolute atomic E-state index is 13.9. The van der Waals surface area contributed by atoms with Crippen LogP contribution in [0.1, 0.15) is 135 Å². The first-order chi connectivity index (χ1) is 24.2. The Hall–Kier alpha value is -4.34. The first-order valence-electron chi connectivity index (χ1n) is 18.6. The van der Waals surface area contributed by atoms with Crippen LogP contribution in [0.2, 0.25) is 0 Å².